The maximum Gasteiger partial charge on any atom is 0.243 e. The lowest BCUT2D eigenvalue weighted by Gasteiger charge is -2.24. The fourth-order valence-corrected chi connectivity index (χ4v) is 2.42. The van der Waals surface area contributed by atoms with Crippen LogP contribution in [-0.2, 0) is 9.59 Å². The van der Waals surface area contributed by atoms with Crippen LogP contribution in [0, 0.1) is 12.7 Å². The summed E-state index contributed by atoms with van der Waals surface area (Å²) in [6.07, 6.45) is 0.0954. The van der Waals surface area contributed by atoms with Gasteiger partial charge in [0, 0.05) is 18.7 Å². The molecule has 0 aromatic heterocycles. The van der Waals surface area contributed by atoms with E-state index in [9.17, 15) is 14.0 Å². The molecule has 26 heavy (non-hydrogen) atoms. The summed E-state index contributed by atoms with van der Waals surface area (Å²) in [5.41, 5.74) is 6.83. The molecule has 0 aliphatic rings. The minimum absolute atomic E-state index is 0.0487. The number of nitrogens with zero attached hydrogens (tertiary/aromatic N) is 1. The zero-order valence-corrected chi connectivity index (χ0v) is 14.8. The van der Waals surface area contributed by atoms with Crippen LogP contribution in [0.5, 0.6) is 5.75 Å². The molecule has 0 saturated heterocycles. The third-order valence-electron chi connectivity index (χ3n) is 3.80. The van der Waals surface area contributed by atoms with Gasteiger partial charge in [0.2, 0.25) is 11.8 Å². The van der Waals surface area contributed by atoms with Crippen molar-refractivity contribution in [2.75, 3.05) is 30.4 Å². The second-order valence-corrected chi connectivity index (χ2v) is 5.87. The van der Waals surface area contributed by atoms with E-state index in [-0.39, 0.29) is 25.2 Å². The summed E-state index contributed by atoms with van der Waals surface area (Å²) in [4.78, 5) is 25.2. The molecule has 0 atom stereocenters. The maximum absolute atomic E-state index is 13.9. The number of aryl methyl sites for hydroxylation is 1. The van der Waals surface area contributed by atoms with Crippen LogP contribution < -0.4 is 20.7 Å². The van der Waals surface area contributed by atoms with E-state index in [2.05, 4.69) is 5.32 Å². The van der Waals surface area contributed by atoms with Crippen molar-refractivity contribution in [3.63, 3.8) is 0 Å². The molecule has 0 aliphatic heterocycles. The van der Waals surface area contributed by atoms with Crippen LogP contribution in [-0.4, -0.2) is 32.0 Å². The predicted molar refractivity (Wildman–Crippen MR) is 98.8 cm³/mol. The van der Waals surface area contributed by atoms with Crippen molar-refractivity contribution in [3.05, 3.63) is 53.8 Å². The van der Waals surface area contributed by atoms with Gasteiger partial charge in [-0.2, -0.15) is 0 Å². The molecule has 2 amide bonds. The van der Waals surface area contributed by atoms with Crippen LogP contribution in [0.15, 0.2) is 42.5 Å². The van der Waals surface area contributed by atoms with Crippen molar-refractivity contribution in [1.29, 1.82) is 0 Å². The number of primary amides is 1. The van der Waals surface area contributed by atoms with Gasteiger partial charge in [-0.05, 0) is 48.9 Å². The van der Waals surface area contributed by atoms with Crippen LogP contribution in [0.1, 0.15) is 12.0 Å². The number of rotatable bonds is 8. The molecule has 0 saturated carbocycles. The Hall–Kier alpha value is -3.09. The number of ether oxygens (including phenoxy) is 1. The first-order chi connectivity index (χ1) is 12.4. The SMILES string of the molecule is COc1ccc(N(CCC(N)=O)CC(=O)Nc2ccc(C)cc2F)cc1. The first-order valence-corrected chi connectivity index (χ1v) is 8.12. The van der Waals surface area contributed by atoms with Gasteiger partial charge in [0.05, 0.1) is 19.3 Å². The summed E-state index contributed by atoms with van der Waals surface area (Å²) < 4.78 is 19.0. The lowest BCUT2D eigenvalue weighted by Crippen LogP contribution is -2.35. The number of nitrogens with two attached hydrogens (primary N) is 1. The van der Waals surface area contributed by atoms with Gasteiger partial charge in [0.1, 0.15) is 11.6 Å². The Morgan fingerprint density at radius 1 is 1.19 bits per heavy atom. The Balaban J connectivity index is 2.11. The van der Waals surface area contributed by atoms with Crippen LogP contribution in [0.2, 0.25) is 0 Å². The molecular formula is C19H22FN3O3. The third-order valence-corrected chi connectivity index (χ3v) is 3.80. The molecule has 6 nitrogen and oxygen atoms in total. The Morgan fingerprint density at radius 2 is 1.88 bits per heavy atom. The normalized spacial score (nSPS) is 10.3. The van der Waals surface area contributed by atoms with Gasteiger partial charge in [0.25, 0.3) is 0 Å². The molecular weight excluding hydrogens is 337 g/mol. The lowest BCUT2D eigenvalue weighted by molar-refractivity contribution is -0.118. The van der Waals surface area contributed by atoms with Crippen molar-refractivity contribution < 1.29 is 18.7 Å². The standard InChI is InChI=1S/C19H22FN3O3/c1-13-3-8-17(16(20)11-13)22-19(25)12-23(10-9-18(21)24)14-4-6-15(26-2)7-5-14/h3-8,11H,9-10,12H2,1-2H3,(H2,21,24)(H,22,25). The highest BCUT2D eigenvalue weighted by molar-refractivity contribution is 5.94. The zero-order valence-electron chi connectivity index (χ0n) is 14.8. The average Bonchev–Trinajstić information content (AvgIpc) is 2.61. The minimum atomic E-state index is -0.494. The van der Waals surface area contributed by atoms with E-state index in [4.69, 9.17) is 10.5 Å². The molecule has 0 aliphatic carbocycles. The number of anilines is 2. The number of carbonyl (C=O) groups excluding carboxylic acids is 2. The van der Waals surface area contributed by atoms with E-state index in [0.717, 1.165) is 11.3 Å². The Bertz CT molecular complexity index is 778. The van der Waals surface area contributed by atoms with E-state index in [1.165, 1.54) is 12.1 Å². The van der Waals surface area contributed by atoms with Gasteiger partial charge in [-0.1, -0.05) is 6.07 Å². The molecule has 2 aromatic rings. The molecule has 3 N–H and O–H groups in total. The molecule has 0 bridgehead atoms. The lowest BCUT2D eigenvalue weighted by atomic mass is 10.2. The highest BCUT2D eigenvalue weighted by Gasteiger charge is 2.14. The van der Waals surface area contributed by atoms with E-state index in [1.807, 2.05) is 0 Å². The van der Waals surface area contributed by atoms with E-state index in [1.54, 1.807) is 49.3 Å². The van der Waals surface area contributed by atoms with E-state index >= 15 is 0 Å². The van der Waals surface area contributed by atoms with Gasteiger partial charge in [-0.25, -0.2) is 4.39 Å². The van der Waals surface area contributed by atoms with Crippen LogP contribution in [0.25, 0.3) is 0 Å². The molecule has 0 unspecified atom stereocenters. The van der Waals surface area contributed by atoms with Crippen molar-refractivity contribution in [2.45, 2.75) is 13.3 Å². The molecule has 0 radical (unpaired) electrons. The van der Waals surface area contributed by atoms with Gasteiger partial charge in [-0.15, -0.1) is 0 Å². The number of amides is 2. The maximum atomic E-state index is 13.9. The van der Waals surface area contributed by atoms with Gasteiger partial charge in [0.15, 0.2) is 0 Å². The second-order valence-electron chi connectivity index (χ2n) is 5.87. The number of methoxy groups -OCH3 is 1. The highest BCUT2D eigenvalue weighted by atomic mass is 19.1. The first kappa shape index (κ1) is 19.2. The summed E-state index contributed by atoms with van der Waals surface area (Å²) >= 11 is 0. The summed E-state index contributed by atoms with van der Waals surface area (Å²) in [5, 5.41) is 2.55. The van der Waals surface area contributed by atoms with Crippen LogP contribution >= 0.6 is 0 Å². The molecule has 2 rings (SSSR count). The largest absolute Gasteiger partial charge is 0.497 e. The van der Waals surface area contributed by atoms with E-state index in [0.29, 0.717) is 5.75 Å². The van der Waals surface area contributed by atoms with Crippen LogP contribution in [0.3, 0.4) is 0 Å². The molecule has 7 heteroatoms. The van der Waals surface area contributed by atoms with Crippen molar-refractivity contribution in [1.82, 2.24) is 0 Å². The number of nitrogens with one attached hydrogen (secondary N) is 1. The number of benzene rings is 2. The molecule has 2 aromatic carbocycles. The molecule has 0 fully saturated rings. The zero-order chi connectivity index (χ0) is 19.1. The van der Waals surface area contributed by atoms with Gasteiger partial charge >= 0.3 is 0 Å². The van der Waals surface area contributed by atoms with Crippen molar-refractivity contribution >= 4 is 23.2 Å². The monoisotopic (exact) mass is 359 g/mol. The Kier molecular flexibility index (Phi) is 6.54. The summed E-state index contributed by atoms with van der Waals surface area (Å²) in [7, 11) is 1.56. The van der Waals surface area contributed by atoms with Crippen molar-refractivity contribution in [2.24, 2.45) is 5.73 Å². The smallest absolute Gasteiger partial charge is 0.243 e. The second kappa shape index (κ2) is 8.84. The summed E-state index contributed by atoms with van der Waals surface area (Å²) in [5.74, 6) is -0.678. The quantitative estimate of drug-likeness (QED) is 0.758. The number of hydrogen-bond acceptors (Lipinski definition) is 4. The fraction of sp³-hybridized carbons (Fsp3) is 0.263. The number of carbonyl (C=O) groups is 2. The fourth-order valence-electron chi connectivity index (χ4n) is 2.42. The Morgan fingerprint density at radius 3 is 2.46 bits per heavy atom. The minimum Gasteiger partial charge on any atom is -0.497 e. The Labute approximate surface area is 151 Å². The van der Waals surface area contributed by atoms with Crippen LogP contribution in [0.4, 0.5) is 15.8 Å². The molecule has 0 heterocycles. The number of hydrogen-bond donors (Lipinski definition) is 2. The average molecular weight is 359 g/mol. The highest BCUT2D eigenvalue weighted by Crippen LogP contribution is 2.20. The van der Waals surface area contributed by atoms with E-state index < -0.39 is 17.6 Å². The van der Waals surface area contributed by atoms with Gasteiger partial charge < -0.3 is 20.7 Å². The first-order valence-electron chi connectivity index (χ1n) is 8.12. The third kappa shape index (κ3) is 5.47. The summed E-state index contributed by atoms with van der Waals surface area (Å²) in [6, 6.07) is 11.6. The van der Waals surface area contributed by atoms with Gasteiger partial charge in [-0.3, -0.25) is 9.59 Å². The molecule has 138 valence electrons. The predicted octanol–water partition coefficient (Wildman–Crippen LogP) is 2.46. The van der Waals surface area contributed by atoms with Crippen molar-refractivity contribution in [3.8, 4) is 5.75 Å². The number of halogens is 1. The molecule has 0 spiro atoms. The summed E-state index contributed by atoms with van der Waals surface area (Å²) in [6.45, 7) is 1.99. The topological polar surface area (TPSA) is 84.7 Å².